The van der Waals surface area contributed by atoms with Crippen LogP contribution in [0.3, 0.4) is 0 Å². The first-order valence-corrected chi connectivity index (χ1v) is 9.52. The third-order valence-corrected chi connectivity index (χ3v) is 4.98. The maximum atomic E-state index is 11.8. The first kappa shape index (κ1) is 19.1. The molecule has 1 heterocycles. The van der Waals surface area contributed by atoms with Gasteiger partial charge in [-0.25, -0.2) is 0 Å². The number of methoxy groups -OCH3 is 1. The number of rotatable bonds is 6. The van der Waals surface area contributed by atoms with E-state index in [1.165, 1.54) is 6.92 Å². The van der Waals surface area contributed by atoms with Crippen molar-refractivity contribution in [2.45, 2.75) is 13.5 Å². The molecule has 0 saturated heterocycles. The molecule has 1 aromatic heterocycles. The van der Waals surface area contributed by atoms with Crippen LogP contribution in [-0.2, 0) is 6.61 Å². The van der Waals surface area contributed by atoms with Crippen LogP contribution in [0.5, 0.6) is 11.5 Å². The van der Waals surface area contributed by atoms with Crippen molar-refractivity contribution >= 4 is 28.4 Å². The quantitative estimate of drug-likeness (QED) is 0.341. The van der Waals surface area contributed by atoms with Gasteiger partial charge in [0, 0.05) is 5.56 Å². The van der Waals surface area contributed by atoms with Gasteiger partial charge < -0.3 is 13.9 Å². The maximum Gasteiger partial charge on any atom is 0.163 e. The van der Waals surface area contributed by atoms with Crippen molar-refractivity contribution in [2.24, 2.45) is 0 Å². The second kappa shape index (κ2) is 8.02. The van der Waals surface area contributed by atoms with E-state index in [2.05, 4.69) is 0 Å². The van der Waals surface area contributed by atoms with Crippen molar-refractivity contribution in [2.75, 3.05) is 7.11 Å². The van der Waals surface area contributed by atoms with Crippen molar-refractivity contribution in [3.63, 3.8) is 0 Å². The molecule has 0 amide bonds. The number of carbonyl (C=O) groups excluding carboxylic acids is 1. The standard InChI is InChI=1S/C24H19ClO4/c1-15(26)18-9-11-21-19(24(18)27-2)13-23(29-21)17-8-10-22(20(25)12-17)28-14-16-6-4-3-5-7-16/h3-13H,14H2,1-2H3. The molecule has 0 aliphatic carbocycles. The molecule has 146 valence electrons. The zero-order valence-corrected chi connectivity index (χ0v) is 16.8. The lowest BCUT2D eigenvalue weighted by Gasteiger charge is -2.09. The number of Topliss-reactive ketones (excluding diaryl/α,β-unsaturated/α-hetero) is 1. The third-order valence-electron chi connectivity index (χ3n) is 4.69. The number of fused-ring (bicyclic) bond motifs is 1. The van der Waals surface area contributed by atoms with Gasteiger partial charge in [-0.15, -0.1) is 0 Å². The van der Waals surface area contributed by atoms with Gasteiger partial charge in [0.05, 0.1) is 23.1 Å². The first-order valence-electron chi connectivity index (χ1n) is 9.15. The molecule has 0 aliphatic rings. The van der Waals surface area contributed by atoms with E-state index < -0.39 is 0 Å². The monoisotopic (exact) mass is 406 g/mol. The van der Waals surface area contributed by atoms with E-state index in [0.29, 0.717) is 40.0 Å². The molecule has 0 atom stereocenters. The van der Waals surface area contributed by atoms with Gasteiger partial charge in [-0.3, -0.25) is 4.79 Å². The Bertz CT molecular complexity index is 1180. The van der Waals surface area contributed by atoms with Crippen molar-refractivity contribution in [1.82, 2.24) is 0 Å². The Morgan fingerprint density at radius 3 is 2.52 bits per heavy atom. The Morgan fingerprint density at radius 2 is 1.83 bits per heavy atom. The van der Waals surface area contributed by atoms with Crippen LogP contribution in [0, 0.1) is 0 Å². The Balaban J connectivity index is 1.64. The molecule has 4 rings (SSSR count). The van der Waals surface area contributed by atoms with E-state index >= 15 is 0 Å². The Labute approximate surface area is 173 Å². The van der Waals surface area contributed by atoms with Crippen LogP contribution >= 0.6 is 11.6 Å². The molecule has 29 heavy (non-hydrogen) atoms. The van der Waals surface area contributed by atoms with E-state index in [4.69, 9.17) is 25.5 Å². The number of carbonyl (C=O) groups is 1. The summed E-state index contributed by atoms with van der Waals surface area (Å²) in [4.78, 5) is 11.8. The molecule has 0 spiro atoms. The van der Waals surface area contributed by atoms with Gasteiger partial charge in [0.15, 0.2) is 5.78 Å². The van der Waals surface area contributed by atoms with E-state index in [0.717, 1.165) is 16.5 Å². The number of ether oxygens (including phenoxy) is 2. The van der Waals surface area contributed by atoms with E-state index in [9.17, 15) is 4.79 Å². The predicted molar refractivity (Wildman–Crippen MR) is 114 cm³/mol. The summed E-state index contributed by atoms with van der Waals surface area (Å²) >= 11 is 6.43. The fourth-order valence-corrected chi connectivity index (χ4v) is 3.47. The highest BCUT2D eigenvalue weighted by molar-refractivity contribution is 6.32. The second-order valence-electron chi connectivity index (χ2n) is 6.64. The molecule has 0 N–H and O–H groups in total. The van der Waals surface area contributed by atoms with Crippen LogP contribution in [0.15, 0.2) is 71.1 Å². The zero-order valence-electron chi connectivity index (χ0n) is 16.1. The topological polar surface area (TPSA) is 48.7 Å². The molecule has 4 aromatic rings. The van der Waals surface area contributed by atoms with Gasteiger partial charge in [-0.05, 0) is 48.9 Å². The van der Waals surface area contributed by atoms with E-state index in [1.807, 2.05) is 48.5 Å². The highest BCUT2D eigenvalue weighted by Crippen LogP contribution is 2.38. The lowest BCUT2D eigenvalue weighted by atomic mass is 10.1. The molecule has 0 saturated carbocycles. The van der Waals surface area contributed by atoms with E-state index in [1.54, 1.807) is 25.3 Å². The lowest BCUT2D eigenvalue weighted by molar-refractivity contribution is 0.101. The van der Waals surface area contributed by atoms with Crippen LogP contribution in [0.2, 0.25) is 5.02 Å². The van der Waals surface area contributed by atoms with Gasteiger partial charge in [-0.1, -0.05) is 41.9 Å². The van der Waals surface area contributed by atoms with Crippen molar-refractivity contribution in [3.8, 4) is 22.8 Å². The molecule has 0 radical (unpaired) electrons. The minimum atomic E-state index is -0.0607. The number of halogens is 1. The molecule has 5 heteroatoms. The summed E-state index contributed by atoms with van der Waals surface area (Å²) in [5.74, 6) is 1.69. The van der Waals surface area contributed by atoms with Crippen LogP contribution in [0.25, 0.3) is 22.3 Å². The summed E-state index contributed by atoms with van der Waals surface area (Å²) in [5.41, 5.74) is 3.04. The Hall–Kier alpha value is -3.24. The number of furan rings is 1. The zero-order chi connectivity index (χ0) is 20.4. The van der Waals surface area contributed by atoms with Crippen LogP contribution < -0.4 is 9.47 Å². The summed E-state index contributed by atoms with van der Waals surface area (Å²) in [6.07, 6.45) is 0. The summed E-state index contributed by atoms with van der Waals surface area (Å²) in [7, 11) is 1.55. The molecule has 4 nitrogen and oxygen atoms in total. The first-order chi connectivity index (χ1) is 14.1. The fraction of sp³-hybridized carbons (Fsp3) is 0.125. The molecule has 0 unspecified atom stereocenters. The summed E-state index contributed by atoms with van der Waals surface area (Å²) < 4.78 is 17.3. The largest absolute Gasteiger partial charge is 0.495 e. The second-order valence-corrected chi connectivity index (χ2v) is 7.05. The summed E-state index contributed by atoms with van der Waals surface area (Å²) in [6, 6.07) is 20.8. The molecular formula is C24H19ClO4. The number of hydrogen-bond donors (Lipinski definition) is 0. The Morgan fingerprint density at radius 1 is 1.03 bits per heavy atom. The van der Waals surface area contributed by atoms with Gasteiger partial charge in [-0.2, -0.15) is 0 Å². The predicted octanol–water partition coefficient (Wildman–Crippen LogP) is 6.54. The van der Waals surface area contributed by atoms with Gasteiger partial charge in [0.25, 0.3) is 0 Å². The molecule has 3 aromatic carbocycles. The third kappa shape index (κ3) is 3.84. The number of ketones is 1. The number of benzene rings is 3. The van der Waals surface area contributed by atoms with Gasteiger partial charge in [0.2, 0.25) is 0 Å². The minimum Gasteiger partial charge on any atom is -0.495 e. The molecule has 0 bridgehead atoms. The fourth-order valence-electron chi connectivity index (χ4n) is 3.23. The van der Waals surface area contributed by atoms with Crippen LogP contribution in [0.1, 0.15) is 22.8 Å². The van der Waals surface area contributed by atoms with Crippen molar-refractivity contribution < 1.29 is 18.7 Å². The highest BCUT2D eigenvalue weighted by atomic mass is 35.5. The average molecular weight is 407 g/mol. The maximum absolute atomic E-state index is 11.8. The minimum absolute atomic E-state index is 0.0607. The highest BCUT2D eigenvalue weighted by Gasteiger charge is 2.17. The van der Waals surface area contributed by atoms with Crippen molar-refractivity contribution in [1.29, 1.82) is 0 Å². The molecular weight excluding hydrogens is 388 g/mol. The van der Waals surface area contributed by atoms with Gasteiger partial charge >= 0.3 is 0 Å². The van der Waals surface area contributed by atoms with Crippen molar-refractivity contribution in [3.05, 3.63) is 82.9 Å². The smallest absolute Gasteiger partial charge is 0.163 e. The lowest BCUT2D eigenvalue weighted by Crippen LogP contribution is -1.97. The average Bonchev–Trinajstić information content (AvgIpc) is 3.17. The van der Waals surface area contributed by atoms with Gasteiger partial charge in [0.1, 0.15) is 29.4 Å². The molecule has 0 fully saturated rings. The van der Waals surface area contributed by atoms with E-state index in [-0.39, 0.29) is 5.78 Å². The number of hydrogen-bond acceptors (Lipinski definition) is 4. The normalized spacial score (nSPS) is 10.9. The van der Waals surface area contributed by atoms with Crippen LogP contribution in [0.4, 0.5) is 0 Å². The molecule has 0 aliphatic heterocycles. The summed E-state index contributed by atoms with van der Waals surface area (Å²) in [6.45, 7) is 1.95. The SMILES string of the molecule is COc1c(C(C)=O)ccc2oc(-c3ccc(OCc4ccccc4)c(Cl)c3)cc12. The Kier molecular flexibility index (Phi) is 5.28. The summed E-state index contributed by atoms with van der Waals surface area (Å²) in [5, 5.41) is 1.24. The van der Waals surface area contributed by atoms with Crippen LogP contribution in [-0.4, -0.2) is 12.9 Å².